The van der Waals surface area contributed by atoms with Crippen molar-refractivity contribution >= 4 is 29.6 Å². The van der Waals surface area contributed by atoms with Gasteiger partial charge in [0.25, 0.3) is 0 Å². The summed E-state index contributed by atoms with van der Waals surface area (Å²) < 4.78 is 45.5. The number of carbonyl (C=O) groups excluding carboxylic acids is 3. The first kappa shape index (κ1) is 33.9. The Morgan fingerprint density at radius 2 is 1.84 bits per heavy atom. The summed E-state index contributed by atoms with van der Waals surface area (Å²) in [5, 5.41) is 18.4. The highest BCUT2D eigenvalue weighted by Gasteiger charge is 2.66. The molecule has 44 heavy (non-hydrogen) atoms. The Kier molecular flexibility index (Phi) is 10.5. The maximum atomic E-state index is 13.1. The van der Waals surface area contributed by atoms with E-state index in [9.17, 15) is 27.6 Å². The summed E-state index contributed by atoms with van der Waals surface area (Å²) in [6.45, 7) is 8.41. The van der Waals surface area contributed by atoms with Crippen LogP contribution in [-0.2, 0) is 26.5 Å². The molecular formula is C29H42F3N7O4S. The molecule has 15 heteroatoms. The number of nitrogens with zero attached hydrogens (tertiary/aromatic N) is 3. The van der Waals surface area contributed by atoms with Gasteiger partial charge in [0.1, 0.15) is 5.69 Å². The maximum absolute atomic E-state index is 13.1. The highest BCUT2D eigenvalue weighted by atomic mass is 32.2. The normalized spacial score (nSPS) is 22.2. The predicted molar refractivity (Wildman–Crippen MR) is 159 cm³/mol. The molecule has 0 spiro atoms. The smallest absolute Gasteiger partial charge is 0.375 e. The number of rotatable bonds is 16. The van der Waals surface area contributed by atoms with E-state index in [1.54, 1.807) is 13.8 Å². The van der Waals surface area contributed by atoms with Crippen LogP contribution in [-0.4, -0.2) is 70.8 Å². The Bertz CT molecular complexity index is 1220. The van der Waals surface area contributed by atoms with Gasteiger partial charge in [-0.15, -0.1) is 10.2 Å². The molecule has 2 saturated heterocycles. The number of unbranched alkanes of at least 4 members (excludes halogenated alkanes) is 1. The highest BCUT2D eigenvalue weighted by Crippen LogP contribution is 2.51. The molecule has 0 aromatic carbocycles. The van der Waals surface area contributed by atoms with Gasteiger partial charge in [0, 0.05) is 48.7 Å². The molecule has 0 aliphatic carbocycles. The third-order valence-corrected chi connectivity index (χ3v) is 9.80. The van der Waals surface area contributed by atoms with Crippen LogP contribution in [0.5, 0.6) is 0 Å². The summed E-state index contributed by atoms with van der Waals surface area (Å²) in [4.78, 5) is 40.5. The van der Waals surface area contributed by atoms with Crippen LogP contribution >= 0.6 is 11.8 Å². The van der Waals surface area contributed by atoms with E-state index in [0.29, 0.717) is 43.2 Å². The zero-order valence-electron chi connectivity index (χ0n) is 25.6. The molecule has 2 fully saturated rings. The highest BCUT2D eigenvalue weighted by molar-refractivity contribution is 8.00. The van der Waals surface area contributed by atoms with Gasteiger partial charge in [-0.25, -0.2) is 4.79 Å². The number of urea groups is 1. The van der Waals surface area contributed by atoms with Gasteiger partial charge in [-0.2, -0.15) is 24.9 Å². The minimum Gasteiger partial charge on any atom is -0.375 e. The van der Waals surface area contributed by atoms with Crippen LogP contribution in [0.1, 0.15) is 77.5 Å². The Morgan fingerprint density at radius 3 is 2.50 bits per heavy atom. The van der Waals surface area contributed by atoms with Gasteiger partial charge in [0.05, 0.1) is 17.7 Å². The van der Waals surface area contributed by atoms with Crippen molar-refractivity contribution in [1.82, 2.24) is 26.3 Å². The minimum absolute atomic E-state index is 0.00799. The molecule has 4 rings (SSSR count). The largest absolute Gasteiger partial charge is 0.443 e. The maximum Gasteiger partial charge on any atom is 0.443 e. The SMILES string of the molecule is CC(C)(CCNC(=O)CCCC[C@@H]1SCC2NC(=O)NC21)OCCC(C)(C)C(=O)NCc1ccc(C2(C(F)(F)F)N=N2)nc1. The molecule has 4 N–H and O–H groups in total. The number of ether oxygens (including phenoxy) is 1. The second-order valence-electron chi connectivity index (χ2n) is 12.8. The van der Waals surface area contributed by atoms with Crippen LogP contribution in [0, 0.1) is 5.41 Å². The molecular weight excluding hydrogens is 599 g/mol. The first-order chi connectivity index (χ1) is 20.6. The van der Waals surface area contributed by atoms with Gasteiger partial charge in [-0.3, -0.25) is 14.6 Å². The number of amides is 4. The van der Waals surface area contributed by atoms with Crippen molar-refractivity contribution in [2.75, 3.05) is 18.9 Å². The molecule has 3 aliphatic rings. The monoisotopic (exact) mass is 641 g/mol. The van der Waals surface area contributed by atoms with Gasteiger partial charge >= 0.3 is 17.9 Å². The molecule has 4 heterocycles. The number of halogens is 3. The fourth-order valence-corrected chi connectivity index (χ4v) is 6.75. The first-order valence-electron chi connectivity index (χ1n) is 15.0. The van der Waals surface area contributed by atoms with Crippen LogP contribution in [0.4, 0.5) is 18.0 Å². The third-order valence-electron chi connectivity index (χ3n) is 8.29. The van der Waals surface area contributed by atoms with E-state index >= 15 is 0 Å². The average Bonchev–Trinajstić information content (AvgIpc) is 3.58. The lowest BCUT2D eigenvalue weighted by molar-refractivity contribution is -0.167. The van der Waals surface area contributed by atoms with Crippen molar-refractivity contribution in [3.63, 3.8) is 0 Å². The van der Waals surface area contributed by atoms with Crippen LogP contribution < -0.4 is 21.3 Å². The van der Waals surface area contributed by atoms with Gasteiger partial charge < -0.3 is 26.0 Å². The Hall–Kier alpha value is -2.94. The fourth-order valence-electron chi connectivity index (χ4n) is 5.20. The lowest BCUT2D eigenvalue weighted by atomic mass is 9.88. The second kappa shape index (κ2) is 13.6. The number of hydrogen-bond donors (Lipinski definition) is 4. The molecule has 2 unspecified atom stereocenters. The van der Waals surface area contributed by atoms with Crippen LogP contribution in [0.2, 0.25) is 0 Å². The molecule has 0 bridgehead atoms. The second-order valence-corrected chi connectivity index (χ2v) is 14.1. The molecule has 4 amide bonds. The van der Waals surface area contributed by atoms with Crippen molar-refractivity contribution in [3.05, 3.63) is 29.6 Å². The standard InChI is InChI=1S/C29H42F3N7O4S/c1-26(2,24(41)35-16-18-9-10-21(34-15-18)28(38-39-28)29(30,31)32)12-14-43-27(3,4)11-13-33-22(40)8-6-5-7-20-23-19(17-44-20)36-25(42)37-23/h9-10,15,19-20,23H,5-8,11-14,16-17H2,1-4H3,(H,33,40)(H,35,41)(H2,36,37,42)/t19?,20-,23?/m0/s1. The van der Waals surface area contributed by atoms with E-state index in [1.807, 2.05) is 25.6 Å². The number of fused-ring (bicyclic) bond motifs is 1. The molecule has 244 valence electrons. The number of nitrogens with one attached hydrogen (secondary N) is 4. The average molecular weight is 642 g/mol. The summed E-state index contributed by atoms with van der Waals surface area (Å²) >= 11 is 1.88. The number of pyridine rings is 1. The quantitative estimate of drug-likeness (QED) is 0.156. The van der Waals surface area contributed by atoms with E-state index in [0.717, 1.165) is 25.0 Å². The van der Waals surface area contributed by atoms with Gasteiger partial charge in [-0.1, -0.05) is 26.3 Å². The van der Waals surface area contributed by atoms with Gasteiger partial charge in [-0.05, 0) is 51.2 Å². The summed E-state index contributed by atoms with van der Waals surface area (Å²) in [5.41, 5.74) is -3.56. The molecule has 0 radical (unpaired) electrons. The van der Waals surface area contributed by atoms with Gasteiger partial charge in [0.15, 0.2) is 0 Å². The van der Waals surface area contributed by atoms with E-state index in [4.69, 9.17) is 4.74 Å². The zero-order valence-corrected chi connectivity index (χ0v) is 26.4. The molecule has 0 saturated carbocycles. The number of hydrogen-bond acceptors (Lipinski definition) is 8. The lowest BCUT2D eigenvalue weighted by Crippen LogP contribution is -2.38. The zero-order chi connectivity index (χ0) is 32.2. The van der Waals surface area contributed by atoms with Crippen molar-refractivity contribution in [1.29, 1.82) is 0 Å². The topological polar surface area (TPSA) is 146 Å². The summed E-state index contributed by atoms with van der Waals surface area (Å²) in [7, 11) is 0. The van der Waals surface area contributed by atoms with Crippen molar-refractivity contribution in [2.45, 2.75) is 108 Å². The molecule has 3 atom stereocenters. The summed E-state index contributed by atoms with van der Waals surface area (Å²) in [5.74, 6) is 0.720. The number of carbonyl (C=O) groups is 3. The molecule has 1 aromatic rings. The molecule has 11 nitrogen and oxygen atoms in total. The molecule has 3 aliphatic heterocycles. The van der Waals surface area contributed by atoms with Crippen LogP contribution in [0.3, 0.4) is 0 Å². The summed E-state index contributed by atoms with van der Waals surface area (Å²) in [6.07, 6.45) is 0.861. The van der Waals surface area contributed by atoms with Crippen LogP contribution in [0.15, 0.2) is 28.6 Å². The minimum atomic E-state index is -4.64. The van der Waals surface area contributed by atoms with E-state index in [1.165, 1.54) is 18.3 Å². The van der Waals surface area contributed by atoms with Crippen LogP contribution in [0.25, 0.3) is 0 Å². The molecule has 1 aromatic heterocycles. The van der Waals surface area contributed by atoms with E-state index < -0.39 is 22.9 Å². The number of thioether (sulfide) groups is 1. The lowest BCUT2D eigenvalue weighted by Gasteiger charge is -2.29. The van der Waals surface area contributed by atoms with E-state index in [2.05, 4.69) is 36.5 Å². The fraction of sp³-hybridized carbons (Fsp3) is 0.724. The Labute approximate surface area is 259 Å². The Morgan fingerprint density at radius 1 is 1.09 bits per heavy atom. The van der Waals surface area contributed by atoms with Crippen molar-refractivity contribution in [2.24, 2.45) is 15.6 Å². The third kappa shape index (κ3) is 8.61. The van der Waals surface area contributed by atoms with Crippen molar-refractivity contribution < 1.29 is 32.3 Å². The van der Waals surface area contributed by atoms with E-state index in [-0.39, 0.29) is 42.2 Å². The summed E-state index contributed by atoms with van der Waals surface area (Å²) in [6, 6.07) is 3.00. The van der Waals surface area contributed by atoms with Gasteiger partial charge in [0.2, 0.25) is 11.8 Å². The van der Waals surface area contributed by atoms with Crippen molar-refractivity contribution in [3.8, 4) is 0 Å². The Balaban J connectivity index is 1.07. The number of alkyl halides is 3. The predicted octanol–water partition coefficient (Wildman–Crippen LogP) is 4.32. The number of aromatic nitrogens is 1. The first-order valence-corrected chi connectivity index (χ1v) is 16.0.